The van der Waals surface area contributed by atoms with Crippen LogP contribution in [0.2, 0.25) is 0 Å². The van der Waals surface area contributed by atoms with Crippen LogP contribution in [0.1, 0.15) is 6.92 Å². The SMILES string of the molecule is C=C(S)N=C/C=C\C. The van der Waals surface area contributed by atoms with Crippen LogP contribution in [-0.4, -0.2) is 6.21 Å². The zero-order valence-electron chi connectivity index (χ0n) is 4.83. The monoisotopic (exact) mass is 127 g/mol. The predicted molar refractivity (Wildman–Crippen MR) is 41.4 cm³/mol. The highest BCUT2D eigenvalue weighted by Gasteiger charge is 1.68. The molecule has 0 heterocycles. The van der Waals surface area contributed by atoms with Crippen LogP contribution in [0.3, 0.4) is 0 Å². The summed E-state index contributed by atoms with van der Waals surface area (Å²) in [4.78, 5) is 3.77. The molecule has 0 aliphatic rings. The van der Waals surface area contributed by atoms with Crippen LogP contribution < -0.4 is 0 Å². The fraction of sp³-hybridized carbons (Fsp3) is 0.167. The molecule has 0 aliphatic carbocycles. The molecule has 2 heteroatoms. The highest BCUT2D eigenvalue weighted by Crippen LogP contribution is 1.93. The van der Waals surface area contributed by atoms with E-state index >= 15 is 0 Å². The third kappa shape index (κ3) is 5.50. The Hall–Kier alpha value is -0.500. The molecule has 44 valence electrons. The van der Waals surface area contributed by atoms with Gasteiger partial charge in [-0.3, -0.25) is 4.99 Å². The number of rotatable bonds is 2. The molecule has 0 radical (unpaired) electrons. The summed E-state index contributed by atoms with van der Waals surface area (Å²) in [5.41, 5.74) is 0. The van der Waals surface area contributed by atoms with E-state index in [0.29, 0.717) is 5.03 Å². The van der Waals surface area contributed by atoms with Gasteiger partial charge in [-0.05, 0) is 13.0 Å². The zero-order valence-corrected chi connectivity index (χ0v) is 5.73. The van der Waals surface area contributed by atoms with E-state index < -0.39 is 0 Å². The van der Waals surface area contributed by atoms with Crippen molar-refractivity contribution in [3.05, 3.63) is 23.8 Å². The maximum atomic E-state index is 3.84. The van der Waals surface area contributed by atoms with Gasteiger partial charge in [-0.2, -0.15) is 0 Å². The Kier molecular flexibility index (Phi) is 4.36. The Labute approximate surface area is 55.2 Å². The summed E-state index contributed by atoms with van der Waals surface area (Å²) in [7, 11) is 0. The molecule has 0 spiro atoms. The molecule has 0 saturated heterocycles. The average molecular weight is 127 g/mol. The summed E-state index contributed by atoms with van der Waals surface area (Å²) in [6.07, 6.45) is 5.36. The minimum atomic E-state index is 0.531. The molecule has 0 atom stereocenters. The fourth-order valence-electron chi connectivity index (χ4n) is 0.215. The van der Waals surface area contributed by atoms with Gasteiger partial charge in [0.05, 0.1) is 5.03 Å². The van der Waals surface area contributed by atoms with E-state index in [9.17, 15) is 0 Å². The third-order valence-corrected chi connectivity index (χ3v) is 0.618. The van der Waals surface area contributed by atoms with Gasteiger partial charge >= 0.3 is 0 Å². The van der Waals surface area contributed by atoms with Gasteiger partial charge < -0.3 is 0 Å². The van der Waals surface area contributed by atoms with Crippen molar-refractivity contribution in [2.75, 3.05) is 0 Å². The van der Waals surface area contributed by atoms with Crippen molar-refractivity contribution in [1.29, 1.82) is 0 Å². The number of allylic oxidation sites excluding steroid dienone is 2. The van der Waals surface area contributed by atoms with Gasteiger partial charge in [-0.1, -0.05) is 12.7 Å². The van der Waals surface area contributed by atoms with Crippen molar-refractivity contribution >= 4 is 18.8 Å². The number of hydrogen-bond donors (Lipinski definition) is 1. The fourth-order valence-corrected chi connectivity index (χ4v) is 0.282. The first-order valence-electron chi connectivity index (χ1n) is 2.30. The lowest BCUT2D eigenvalue weighted by Crippen LogP contribution is -1.61. The van der Waals surface area contributed by atoms with E-state index in [2.05, 4.69) is 24.2 Å². The molecule has 0 fully saturated rings. The molecule has 0 N–H and O–H groups in total. The summed E-state index contributed by atoms with van der Waals surface area (Å²) < 4.78 is 0. The topological polar surface area (TPSA) is 12.4 Å². The van der Waals surface area contributed by atoms with E-state index in [-0.39, 0.29) is 0 Å². The van der Waals surface area contributed by atoms with E-state index in [4.69, 9.17) is 0 Å². The second kappa shape index (κ2) is 4.65. The molecule has 0 amide bonds. The summed E-state index contributed by atoms with van der Waals surface area (Å²) >= 11 is 3.84. The van der Waals surface area contributed by atoms with Crippen LogP contribution in [-0.2, 0) is 0 Å². The van der Waals surface area contributed by atoms with Crippen LogP contribution in [0.5, 0.6) is 0 Å². The molecule has 8 heavy (non-hydrogen) atoms. The maximum absolute atomic E-state index is 3.84. The van der Waals surface area contributed by atoms with Gasteiger partial charge in [0.25, 0.3) is 0 Å². The van der Waals surface area contributed by atoms with Crippen LogP contribution in [0.15, 0.2) is 28.8 Å². The van der Waals surface area contributed by atoms with Crippen LogP contribution in [0.4, 0.5) is 0 Å². The quantitative estimate of drug-likeness (QED) is 0.430. The van der Waals surface area contributed by atoms with Gasteiger partial charge in [0, 0.05) is 6.21 Å². The van der Waals surface area contributed by atoms with Gasteiger partial charge in [0.15, 0.2) is 0 Å². The van der Waals surface area contributed by atoms with E-state index in [0.717, 1.165) is 0 Å². The lowest BCUT2D eigenvalue weighted by atomic mass is 10.6. The molecule has 0 aliphatic heterocycles. The molecule has 0 bridgehead atoms. The zero-order chi connectivity index (χ0) is 6.41. The first-order valence-corrected chi connectivity index (χ1v) is 2.75. The van der Waals surface area contributed by atoms with Gasteiger partial charge in [0.2, 0.25) is 0 Å². The molecule has 0 aromatic heterocycles. The van der Waals surface area contributed by atoms with Crippen molar-refractivity contribution in [3.8, 4) is 0 Å². The Morgan fingerprint density at radius 2 is 2.38 bits per heavy atom. The van der Waals surface area contributed by atoms with Crippen molar-refractivity contribution < 1.29 is 0 Å². The number of thiol groups is 1. The lowest BCUT2D eigenvalue weighted by molar-refractivity contribution is 1.58. The number of hydrogen-bond acceptors (Lipinski definition) is 2. The Morgan fingerprint density at radius 1 is 1.75 bits per heavy atom. The molecule has 0 rings (SSSR count). The summed E-state index contributed by atoms with van der Waals surface area (Å²) in [6, 6.07) is 0. The molecule has 0 aromatic carbocycles. The maximum Gasteiger partial charge on any atom is 0.0857 e. The molecular formula is C6H9NS. The van der Waals surface area contributed by atoms with Gasteiger partial charge in [-0.25, -0.2) is 0 Å². The van der Waals surface area contributed by atoms with Crippen molar-refractivity contribution in [2.45, 2.75) is 6.92 Å². The van der Waals surface area contributed by atoms with Gasteiger partial charge in [0.1, 0.15) is 0 Å². The van der Waals surface area contributed by atoms with E-state index in [1.54, 1.807) is 6.21 Å². The number of nitrogens with zero attached hydrogens (tertiary/aromatic N) is 1. The molecule has 0 unspecified atom stereocenters. The minimum Gasteiger partial charge on any atom is -0.251 e. The normalized spacial score (nSPS) is 11.2. The Balaban J connectivity index is 3.50. The predicted octanol–water partition coefficient (Wildman–Crippen LogP) is 2.03. The lowest BCUT2D eigenvalue weighted by Gasteiger charge is -1.78. The van der Waals surface area contributed by atoms with Crippen LogP contribution in [0.25, 0.3) is 0 Å². The first-order chi connectivity index (χ1) is 3.77. The highest BCUT2D eigenvalue weighted by atomic mass is 32.1. The Bertz CT molecular complexity index is 124. The Morgan fingerprint density at radius 3 is 2.75 bits per heavy atom. The minimum absolute atomic E-state index is 0.531. The summed E-state index contributed by atoms with van der Waals surface area (Å²) in [6.45, 7) is 5.38. The molecule has 0 aromatic rings. The molecular weight excluding hydrogens is 118 g/mol. The molecule has 0 saturated carbocycles. The summed E-state index contributed by atoms with van der Waals surface area (Å²) in [5.74, 6) is 0. The standard InChI is InChI=1S/C6H9NS/c1-3-4-5-7-6(2)8/h3-5,8H,2H2,1H3/b4-3-,7-5?. The summed E-state index contributed by atoms with van der Waals surface area (Å²) in [5, 5.41) is 0.531. The van der Waals surface area contributed by atoms with Crippen molar-refractivity contribution in [1.82, 2.24) is 0 Å². The highest BCUT2D eigenvalue weighted by molar-refractivity contribution is 7.84. The second-order valence-electron chi connectivity index (χ2n) is 1.22. The van der Waals surface area contributed by atoms with Gasteiger partial charge in [-0.15, -0.1) is 12.6 Å². The third-order valence-electron chi connectivity index (χ3n) is 0.502. The van der Waals surface area contributed by atoms with E-state index in [1.807, 2.05) is 19.1 Å². The van der Waals surface area contributed by atoms with Crippen molar-refractivity contribution in [3.63, 3.8) is 0 Å². The molecule has 1 nitrogen and oxygen atoms in total. The van der Waals surface area contributed by atoms with Crippen LogP contribution >= 0.6 is 12.6 Å². The average Bonchev–Trinajstić information content (AvgIpc) is 1.66. The largest absolute Gasteiger partial charge is 0.251 e. The smallest absolute Gasteiger partial charge is 0.0857 e. The second-order valence-corrected chi connectivity index (χ2v) is 1.74. The van der Waals surface area contributed by atoms with Crippen molar-refractivity contribution in [2.24, 2.45) is 4.99 Å². The van der Waals surface area contributed by atoms with Crippen LogP contribution in [0, 0.1) is 0 Å². The number of aliphatic imine (C=N–C) groups is 1. The first kappa shape index (κ1) is 7.50. The van der Waals surface area contributed by atoms with E-state index in [1.165, 1.54) is 0 Å².